The molecule has 3 atom stereocenters. The third kappa shape index (κ3) is 45.3. The first kappa shape index (κ1) is 58.4. The van der Waals surface area contributed by atoms with Crippen LogP contribution in [-0.2, 0) is 32.7 Å². The van der Waals surface area contributed by atoms with Crippen molar-refractivity contribution in [3.63, 3.8) is 0 Å². The number of hydrogen-bond donors (Lipinski definition) is 3. The Bertz CT molecular complexity index is 1240. The van der Waals surface area contributed by atoms with E-state index in [-0.39, 0.29) is 19.4 Å². The maximum Gasteiger partial charge on any atom is 0.472 e. The Hall–Kier alpha value is -2.59. The second-order valence-corrected chi connectivity index (χ2v) is 17.2. The predicted octanol–water partition coefficient (Wildman–Crippen LogP) is 13.2. The molecule has 0 saturated heterocycles. The van der Waals surface area contributed by atoms with Gasteiger partial charge in [0.25, 0.3) is 0 Å². The summed E-state index contributed by atoms with van der Waals surface area (Å²) in [4.78, 5) is 35.1. The molecule has 0 aromatic heterocycles. The number of carbonyl (C=O) groups excluding carboxylic acids is 2. The van der Waals surface area contributed by atoms with Crippen molar-refractivity contribution < 1.29 is 47.8 Å². The summed E-state index contributed by atoms with van der Waals surface area (Å²) in [6, 6.07) is 0. The van der Waals surface area contributed by atoms with Crippen LogP contribution in [0.4, 0.5) is 0 Å². The monoisotopic (exact) mass is 879 g/mol. The van der Waals surface area contributed by atoms with Gasteiger partial charge in [-0.25, -0.2) is 4.57 Å². The van der Waals surface area contributed by atoms with E-state index in [4.69, 9.17) is 19.1 Å². The summed E-state index contributed by atoms with van der Waals surface area (Å²) in [6.45, 7) is 2.20. The van der Waals surface area contributed by atoms with Crippen LogP contribution in [0.15, 0.2) is 72.9 Å². The minimum absolute atomic E-state index is 0.0575. The molecule has 0 fully saturated rings. The maximum absolute atomic E-state index is 12.6. The summed E-state index contributed by atoms with van der Waals surface area (Å²) in [5.74, 6) is -1.02. The number of rotatable bonds is 44. The van der Waals surface area contributed by atoms with Gasteiger partial charge in [-0.1, -0.05) is 202 Å². The molecule has 61 heavy (non-hydrogen) atoms. The molecule has 352 valence electrons. The highest BCUT2D eigenvalue weighted by molar-refractivity contribution is 7.47. The van der Waals surface area contributed by atoms with E-state index in [1.54, 1.807) is 0 Å². The number of phosphoric acid groups is 1. The molecule has 3 N–H and O–H groups in total. The Morgan fingerprint density at radius 3 is 1.33 bits per heavy atom. The van der Waals surface area contributed by atoms with Crippen LogP contribution in [0.3, 0.4) is 0 Å². The topological polar surface area (TPSA) is 149 Å². The van der Waals surface area contributed by atoms with Crippen LogP contribution in [0.25, 0.3) is 0 Å². The van der Waals surface area contributed by atoms with Crippen LogP contribution in [0.2, 0.25) is 0 Å². The predicted molar refractivity (Wildman–Crippen MR) is 251 cm³/mol. The zero-order valence-corrected chi connectivity index (χ0v) is 39.3. The molecule has 0 heterocycles. The van der Waals surface area contributed by atoms with Crippen LogP contribution in [0.5, 0.6) is 0 Å². The van der Waals surface area contributed by atoms with E-state index in [9.17, 15) is 24.2 Å². The van der Waals surface area contributed by atoms with E-state index < -0.39 is 51.8 Å². The molecule has 0 aromatic carbocycles. The lowest BCUT2D eigenvalue weighted by atomic mass is 10.0. The smallest absolute Gasteiger partial charge is 0.462 e. The van der Waals surface area contributed by atoms with Gasteiger partial charge in [-0.3, -0.25) is 18.6 Å². The summed E-state index contributed by atoms with van der Waals surface area (Å²) in [7, 11) is -4.64. The van der Waals surface area contributed by atoms with E-state index in [0.717, 1.165) is 57.8 Å². The third-order valence-corrected chi connectivity index (χ3v) is 10.8. The summed E-state index contributed by atoms with van der Waals surface area (Å²) >= 11 is 0. The van der Waals surface area contributed by atoms with Crippen LogP contribution < -0.4 is 0 Å². The second kappa shape index (κ2) is 45.4. The van der Waals surface area contributed by atoms with Gasteiger partial charge in [0.2, 0.25) is 0 Å². The Labute approximate surface area is 371 Å². The second-order valence-electron chi connectivity index (χ2n) is 15.8. The van der Waals surface area contributed by atoms with E-state index in [1.165, 1.54) is 96.3 Å². The summed E-state index contributed by atoms with van der Waals surface area (Å²) in [5.41, 5.74) is 0. The van der Waals surface area contributed by atoms with Gasteiger partial charge in [-0.2, -0.15) is 0 Å². The number of carbonyl (C=O) groups is 2. The van der Waals surface area contributed by atoms with Gasteiger partial charge in [-0.05, 0) is 51.4 Å². The average Bonchev–Trinajstić information content (AvgIpc) is 3.25. The van der Waals surface area contributed by atoms with Gasteiger partial charge in [0.05, 0.1) is 19.8 Å². The van der Waals surface area contributed by atoms with Crippen LogP contribution in [0.1, 0.15) is 194 Å². The number of unbranched alkanes of at least 4 members (excludes halogenated alkanes) is 18. The molecule has 0 aliphatic rings. The molecule has 0 aliphatic carbocycles. The van der Waals surface area contributed by atoms with Crippen molar-refractivity contribution in [3.8, 4) is 0 Å². The lowest BCUT2D eigenvalue weighted by molar-refractivity contribution is -0.161. The highest BCUT2D eigenvalue weighted by Crippen LogP contribution is 2.43. The van der Waals surface area contributed by atoms with Gasteiger partial charge in [0.1, 0.15) is 12.7 Å². The van der Waals surface area contributed by atoms with E-state index in [1.807, 2.05) is 12.2 Å². The molecule has 0 aromatic rings. The van der Waals surface area contributed by atoms with Gasteiger partial charge in [0, 0.05) is 12.8 Å². The van der Waals surface area contributed by atoms with Gasteiger partial charge in [0.15, 0.2) is 6.10 Å². The molecule has 11 heteroatoms. The number of phosphoric ester groups is 1. The Balaban J connectivity index is 4.34. The number of allylic oxidation sites excluding steroid dienone is 12. The van der Waals surface area contributed by atoms with Crippen molar-refractivity contribution in [2.24, 2.45) is 0 Å². The van der Waals surface area contributed by atoms with E-state index in [2.05, 4.69) is 79.1 Å². The number of hydrogen-bond acceptors (Lipinski definition) is 9. The van der Waals surface area contributed by atoms with Gasteiger partial charge >= 0.3 is 19.8 Å². The zero-order chi connectivity index (χ0) is 44.8. The van der Waals surface area contributed by atoms with Crippen molar-refractivity contribution in [1.29, 1.82) is 0 Å². The fourth-order valence-corrected chi connectivity index (χ4v) is 7.04. The lowest BCUT2D eigenvalue weighted by Gasteiger charge is -2.20. The molecular weight excluding hydrogens is 792 g/mol. The molecule has 1 unspecified atom stereocenters. The SMILES string of the molecule is CC/C=C/C/C=C/C/C=C/C/C=C/C/C=C/C/C=C/CCC(=O)O[C@H](COC(=O)CCCCCCCCCCCCCCCCCCCCC)COP(=O)(O)OC[C@@H](O)CO. The first-order valence-corrected chi connectivity index (χ1v) is 25.4. The standard InChI is InChI=1S/C50H87O10P/c1-3-5-7-9-11-13-15-17-19-21-23-25-27-29-31-33-35-37-39-41-49(53)57-45-48(46-59-61(55,56)58-44-47(52)43-51)60-50(54)42-40-38-36-34-32-30-28-26-24-22-20-18-16-14-12-10-8-6-4-2/h6,8,12,14,18,20,24,26,30,32,36,38,47-48,51-52H,3-5,7,9-11,13,15-17,19,21-23,25,27-29,31,33-35,37,39-46H2,1-2H3,(H,55,56)/b8-6+,14-12+,20-18+,26-24+,32-30+,38-36+/t47-,48+/m0/s1. The highest BCUT2D eigenvalue weighted by atomic mass is 31.2. The minimum Gasteiger partial charge on any atom is -0.462 e. The molecule has 0 saturated carbocycles. The van der Waals surface area contributed by atoms with E-state index in [0.29, 0.717) is 12.8 Å². The summed E-state index contributed by atoms with van der Waals surface area (Å²) < 4.78 is 32.7. The molecular formula is C50H87O10P. The minimum atomic E-state index is -4.64. The average molecular weight is 879 g/mol. The molecule has 0 spiro atoms. The zero-order valence-electron chi connectivity index (χ0n) is 38.4. The van der Waals surface area contributed by atoms with Gasteiger partial charge < -0.3 is 24.6 Å². The van der Waals surface area contributed by atoms with Crippen molar-refractivity contribution in [2.45, 2.75) is 206 Å². The Morgan fingerprint density at radius 2 is 0.902 bits per heavy atom. The molecule has 0 rings (SSSR count). The Kier molecular flexibility index (Phi) is 43.5. The third-order valence-electron chi connectivity index (χ3n) is 9.89. The van der Waals surface area contributed by atoms with Crippen molar-refractivity contribution in [1.82, 2.24) is 0 Å². The number of aliphatic hydroxyl groups excluding tert-OH is 2. The van der Waals surface area contributed by atoms with E-state index >= 15 is 0 Å². The lowest BCUT2D eigenvalue weighted by Crippen LogP contribution is -2.29. The van der Waals surface area contributed by atoms with Gasteiger partial charge in [-0.15, -0.1) is 0 Å². The van der Waals surface area contributed by atoms with Crippen LogP contribution >= 0.6 is 7.82 Å². The first-order chi connectivity index (χ1) is 29.7. The fraction of sp³-hybridized carbons (Fsp3) is 0.720. The fourth-order valence-electron chi connectivity index (χ4n) is 6.26. The molecule has 0 amide bonds. The number of esters is 2. The van der Waals surface area contributed by atoms with Crippen LogP contribution in [-0.4, -0.2) is 65.7 Å². The number of aliphatic hydroxyl groups is 2. The van der Waals surface area contributed by atoms with Crippen molar-refractivity contribution in [3.05, 3.63) is 72.9 Å². The summed E-state index contributed by atoms with van der Waals surface area (Å²) in [5, 5.41) is 18.4. The summed E-state index contributed by atoms with van der Waals surface area (Å²) in [6.07, 6.45) is 53.1. The maximum atomic E-state index is 12.6. The Morgan fingerprint density at radius 1 is 0.508 bits per heavy atom. The molecule has 0 radical (unpaired) electrons. The molecule has 10 nitrogen and oxygen atoms in total. The van der Waals surface area contributed by atoms with Crippen molar-refractivity contribution >= 4 is 19.8 Å². The molecule has 0 bridgehead atoms. The quantitative estimate of drug-likeness (QED) is 0.0234. The van der Waals surface area contributed by atoms with Crippen LogP contribution in [0, 0.1) is 0 Å². The molecule has 0 aliphatic heterocycles. The highest BCUT2D eigenvalue weighted by Gasteiger charge is 2.27. The number of ether oxygens (including phenoxy) is 2. The normalized spacial score (nSPS) is 14.4. The largest absolute Gasteiger partial charge is 0.472 e. The first-order valence-electron chi connectivity index (χ1n) is 23.9. The van der Waals surface area contributed by atoms with Crippen molar-refractivity contribution in [2.75, 3.05) is 26.4 Å².